The van der Waals surface area contributed by atoms with Gasteiger partial charge in [0, 0.05) is 18.8 Å². The molecule has 1 fully saturated rings. The van der Waals surface area contributed by atoms with Crippen LogP contribution in [0.2, 0.25) is 0 Å². The zero-order chi connectivity index (χ0) is 20.4. The number of aliphatic hydroxyl groups is 1. The van der Waals surface area contributed by atoms with Crippen LogP contribution in [0.5, 0.6) is 0 Å². The van der Waals surface area contributed by atoms with E-state index in [-0.39, 0.29) is 11.3 Å². The van der Waals surface area contributed by atoms with Crippen molar-refractivity contribution >= 4 is 11.6 Å². The average Bonchev–Trinajstić information content (AvgIpc) is 2.65. The third-order valence-corrected chi connectivity index (χ3v) is 6.15. The van der Waals surface area contributed by atoms with E-state index in [1.165, 1.54) is 25.0 Å². The van der Waals surface area contributed by atoms with Gasteiger partial charge in [-0.3, -0.25) is 9.69 Å². The maximum absolute atomic E-state index is 12.1. The Hall–Kier alpha value is -2.17. The normalized spacial score (nSPS) is 23.4. The molecule has 1 aliphatic rings. The largest absolute Gasteiger partial charge is 0.381 e. The van der Waals surface area contributed by atoms with Gasteiger partial charge in [-0.15, -0.1) is 0 Å². The van der Waals surface area contributed by atoms with E-state index in [0.29, 0.717) is 5.92 Å². The highest BCUT2D eigenvalue weighted by Gasteiger charge is 2.38. The number of nitrogens with zero attached hydrogens (tertiary/aromatic N) is 1. The summed E-state index contributed by atoms with van der Waals surface area (Å²) in [6, 6.07) is 18.7. The molecule has 1 amide bonds. The second kappa shape index (κ2) is 8.06. The SMILES string of the molecule is CC1CN(Cc2ccccc2)CCC1(C)c1cccc(NC(=O)C(C)(C)O)c1. The van der Waals surface area contributed by atoms with Crippen LogP contribution in [0.1, 0.15) is 45.2 Å². The number of likely N-dealkylation sites (tertiary alicyclic amines) is 1. The van der Waals surface area contributed by atoms with E-state index in [1.807, 2.05) is 12.1 Å². The van der Waals surface area contributed by atoms with Crippen LogP contribution in [-0.4, -0.2) is 34.6 Å². The molecule has 2 aromatic carbocycles. The summed E-state index contributed by atoms with van der Waals surface area (Å²) in [4.78, 5) is 14.6. The molecule has 0 spiro atoms. The van der Waals surface area contributed by atoms with Gasteiger partial charge in [-0.1, -0.05) is 56.3 Å². The standard InChI is InChI=1S/C24H32N2O2/c1-18-16-26(17-19-9-6-5-7-10-19)14-13-24(18,4)20-11-8-12-21(15-20)25-22(27)23(2,3)28/h5-12,15,18,28H,13-14,16-17H2,1-4H3,(H,25,27). The van der Waals surface area contributed by atoms with Crippen LogP contribution in [0, 0.1) is 5.92 Å². The van der Waals surface area contributed by atoms with Crippen molar-refractivity contribution in [1.82, 2.24) is 4.90 Å². The average molecular weight is 381 g/mol. The number of benzene rings is 2. The van der Waals surface area contributed by atoms with Crippen LogP contribution >= 0.6 is 0 Å². The first kappa shape index (κ1) is 20.6. The van der Waals surface area contributed by atoms with Gasteiger partial charge in [0.2, 0.25) is 0 Å². The molecule has 2 aromatic rings. The fraction of sp³-hybridized carbons (Fsp3) is 0.458. The van der Waals surface area contributed by atoms with E-state index in [9.17, 15) is 9.90 Å². The van der Waals surface area contributed by atoms with Gasteiger partial charge in [-0.2, -0.15) is 0 Å². The molecule has 0 aliphatic carbocycles. The molecule has 2 N–H and O–H groups in total. The van der Waals surface area contributed by atoms with Crippen molar-refractivity contribution in [2.24, 2.45) is 5.92 Å². The third kappa shape index (κ3) is 4.62. The van der Waals surface area contributed by atoms with Gasteiger partial charge in [-0.25, -0.2) is 0 Å². The van der Waals surface area contributed by atoms with Gasteiger partial charge < -0.3 is 10.4 Å². The molecule has 4 nitrogen and oxygen atoms in total. The molecule has 0 aromatic heterocycles. The molecule has 0 radical (unpaired) electrons. The van der Waals surface area contributed by atoms with Gasteiger partial charge in [0.1, 0.15) is 5.60 Å². The van der Waals surface area contributed by atoms with E-state index in [4.69, 9.17) is 0 Å². The van der Waals surface area contributed by atoms with E-state index >= 15 is 0 Å². The fourth-order valence-electron chi connectivity index (χ4n) is 3.97. The number of hydrogen-bond acceptors (Lipinski definition) is 3. The minimum absolute atomic E-state index is 0.0582. The van der Waals surface area contributed by atoms with Crippen molar-refractivity contribution in [3.63, 3.8) is 0 Å². The van der Waals surface area contributed by atoms with Crippen molar-refractivity contribution in [3.05, 3.63) is 65.7 Å². The zero-order valence-corrected chi connectivity index (χ0v) is 17.4. The summed E-state index contributed by atoms with van der Waals surface area (Å²) in [7, 11) is 0. The highest BCUT2D eigenvalue weighted by molar-refractivity contribution is 5.96. The Kier molecular flexibility index (Phi) is 5.92. The summed E-state index contributed by atoms with van der Waals surface area (Å²) in [5.74, 6) is 0.103. The fourth-order valence-corrected chi connectivity index (χ4v) is 3.97. The summed E-state index contributed by atoms with van der Waals surface area (Å²) in [5.41, 5.74) is 2.01. The number of carbonyl (C=O) groups excluding carboxylic acids is 1. The van der Waals surface area contributed by atoms with Crippen molar-refractivity contribution in [2.75, 3.05) is 18.4 Å². The number of anilines is 1. The molecular weight excluding hydrogens is 348 g/mol. The predicted octanol–water partition coefficient (Wildman–Crippen LogP) is 4.20. The zero-order valence-electron chi connectivity index (χ0n) is 17.4. The van der Waals surface area contributed by atoms with Crippen LogP contribution in [-0.2, 0) is 16.8 Å². The van der Waals surface area contributed by atoms with Crippen LogP contribution in [0.3, 0.4) is 0 Å². The lowest BCUT2D eigenvalue weighted by molar-refractivity contribution is -0.130. The Bertz CT molecular complexity index is 813. The van der Waals surface area contributed by atoms with Crippen LogP contribution < -0.4 is 5.32 Å². The minimum Gasteiger partial charge on any atom is -0.381 e. The Morgan fingerprint density at radius 3 is 2.57 bits per heavy atom. The van der Waals surface area contributed by atoms with Crippen LogP contribution in [0.25, 0.3) is 0 Å². The van der Waals surface area contributed by atoms with Crippen molar-refractivity contribution in [1.29, 1.82) is 0 Å². The van der Waals surface area contributed by atoms with Gasteiger partial charge in [0.25, 0.3) is 5.91 Å². The first-order valence-corrected chi connectivity index (χ1v) is 10.1. The Labute approximate surface area is 168 Å². The minimum atomic E-state index is -1.39. The van der Waals surface area contributed by atoms with Crippen LogP contribution in [0.4, 0.5) is 5.69 Å². The first-order valence-electron chi connectivity index (χ1n) is 10.1. The quantitative estimate of drug-likeness (QED) is 0.818. The summed E-state index contributed by atoms with van der Waals surface area (Å²) >= 11 is 0. The third-order valence-electron chi connectivity index (χ3n) is 6.15. The maximum atomic E-state index is 12.1. The lowest BCUT2D eigenvalue weighted by Crippen LogP contribution is -2.47. The van der Waals surface area contributed by atoms with Gasteiger partial charge >= 0.3 is 0 Å². The van der Waals surface area contributed by atoms with E-state index in [2.05, 4.69) is 66.5 Å². The summed E-state index contributed by atoms with van der Waals surface area (Å²) in [6.07, 6.45) is 1.07. The molecule has 3 rings (SSSR count). The topological polar surface area (TPSA) is 52.6 Å². The second-order valence-electron chi connectivity index (χ2n) is 8.88. The predicted molar refractivity (Wildman–Crippen MR) is 114 cm³/mol. The number of piperidine rings is 1. The van der Waals surface area contributed by atoms with Gasteiger partial charge in [0.15, 0.2) is 0 Å². The molecule has 1 heterocycles. The Morgan fingerprint density at radius 2 is 1.93 bits per heavy atom. The highest BCUT2D eigenvalue weighted by atomic mass is 16.3. The van der Waals surface area contributed by atoms with Crippen molar-refractivity contribution in [3.8, 4) is 0 Å². The Morgan fingerprint density at radius 1 is 1.21 bits per heavy atom. The summed E-state index contributed by atoms with van der Waals surface area (Å²) in [5, 5.41) is 12.7. The molecule has 4 heteroatoms. The Balaban J connectivity index is 1.71. The molecule has 28 heavy (non-hydrogen) atoms. The first-order chi connectivity index (χ1) is 13.2. The molecule has 2 unspecified atom stereocenters. The second-order valence-corrected chi connectivity index (χ2v) is 8.88. The van der Waals surface area contributed by atoms with Gasteiger partial charge in [-0.05, 0) is 61.4 Å². The molecule has 2 atom stereocenters. The molecule has 1 aliphatic heterocycles. The molecule has 0 saturated carbocycles. The lowest BCUT2D eigenvalue weighted by Gasteiger charge is -2.45. The lowest BCUT2D eigenvalue weighted by atomic mass is 9.68. The van der Waals surface area contributed by atoms with E-state index in [1.54, 1.807) is 0 Å². The van der Waals surface area contributed by atoms with Crippen molar-refractivity contribution in [2.45, 2.75) is 51.7 Å². The summed E-state index contributed by atoms with van der Waals surface area (Å²) < 4.78 is 0. The number of nitrogens with one attached hydrogen (secondary N) is 1. The molecule has 150 valence electrons. The smallest absolute Gasteiger partial charge is 0.255 e. The number of amides is 1. The van der Waals surface area contributed by atoms with E-state index < -0.39 is 5.60 Å². The monoisotopic (exact) mass is 380 g/mol. The van der Waals surface area contributed by atoms with Crippen LogP contribution in [0.15, 0.2) is 54.6 Å². The van der Waals surface area contributed by atoms with E-state index in [0.717, 1.165) is 31.7 Å². The van der Waals surface area contributed by atoms with Gasteiger partial charge in [0.05, 0.1) is 0 Å². The van der Waals surface area contributed by atoms with Crippen molar-refractivity contribution < 1.29 is 9.90 Å². The molecular formula is C24H32N2O2. The summed E-state index contributed by atoms with van der Waals surface area (Å²) in [6.45, 7) is 10.7. The highest BCUT2D eigenvalue weighted by Crippen LogP contribution is 2.40. The number of rotatable bonds is 5. The maximum Gasteiger partial charge on any atom is 0.255 e. The number of carbonyl (C=O) groups is 1. The molecule has 1 saturated heterocycles. The molecule has 0 bridgehead atoms. The number of hydrogen-bond donors (Lipinski definition) is 2.